The van der Waals surface area contributed by atoms with E-state index in [4.69, 9.17) is 0 Å². The van der Waals surface area contributed by atoms with Crippen LogP contribution >= 0.6 is 0 Å². The van der Waals surface area contributed by atoms with Crippen molar-refractivity contribution in [2.24, 2.45) is 0 Å². The normalized spacial score (nSPS) is 9.88. The summed E-state index contributed by atoms with van der Waals surface area (Å²) in [6.07, 6.45) is 1.70. The van der Waals surface area contributed by atoms with Gasteiger partial charge in [0.25, 0.3) is 0 Å². The van der Waals surface area contributed by atoms with Crippen molar-refractivity contribution < 1.29 is 9.72 Å². The first-order valence-electron chi connectivity index (χ1n) is 5.01. The molecule has 0 atom stereocenters. The SMILES string of the molecule is CCC(=O)N(CC)c1ccnc([N+](=O)[O-])c1. The molecule has 0 fully saturated rings. The number of carbonyl (C=O) groups is 1. The lowest BCUT2D eigenvalue weighted by atomic mass is 10.3. The average Bonchev–Trinajstić information content (AvgIpc) is 2.30. The lowest BCUT2D eigenvalue weighted by Crippen LogP contribution is -2.29. The minimum atomic E-state index is -0.576. The van der Waals surface area contributed by atoms with Gasteiger partial charge in [-0.05, 0) is 16.8 Å². The fourth-order valence-corrected chi connectivity index (χ4v) is 1.37. The van der Waals surface area contributed by atoms with Crippen LogP contribution in [-0.2, 0) is 4.79 Å². The Morgan fingerprint density at radius 1 is 1.56 bits per heavy atom. The summed E-state index contributed by atoms with van der Waals surface area (Å²) in [5.41, 5.74) is 0.510. The molecule has 0 aromatic carbocycles. The fourth-order valence-electron chi connectivity index (χ4n) is 1.37. The molecule has 0 saturated heterocycles. The van der Waals surface area contributed by atoms with E-state index in [1.54, 1.807) is 13.0 Å². The number of amides is 1. The number of carbonyl (C=O) groups excluding carboxylic acids is 1. The Hall–Kier alpha value is -1.98. The summed E-state index contributed by atoms with van der Waals surface area (Å²) in [5.74, 6) is -0.317. The smallest absolute Gasteiger partial charge is 0.358 e. The third-order valence-corrected chi connectivity index (χ3v) is 2.15. The third kappa shape index (κ3) is 2.53. The van der Waals surface area contributed by atoms with E-state index in [0.29, 0.717) is 18.7 Å². The van der Waals surface area contributed by atoms with Crippen molar-refractivity contribution in [3.05, 3.63) is 28.4 Å². The second-order valence-corrected chi connectivity index (χ2v) is 3.12. The zero-order valence-electron chi connectivity index (χ0n) is 9.21. The van der Waals surface area contributed by atoms with E-state index in [1.807, 2.05) is 6.92 Å². The Morgan fingerprint density at radius 3 is 2.75 bits per heavy atom. The van der Waals surface area contributed by atoms with Crippen LogP contribution in [0.4, 0.5) is 11.5 Å². The van der Waals surface area contributed by atoms with Gasteiger partial charge in [-0.1, -0.05) is 6.92 Å². The lowest BCUT2D eigenvalue weighted by Gasteiger charge is -2.19. The highest BCUT2D eigenvalue weighted by atomic mass is 16.6. The molecule has 0 bridgehead atoms. The fraction of sp³-hybridized carbons (Fsp3) is 0.400. The molecule has 0 aliphatic heterocycles. The quantitative estimate of drug-likeness (QED) is 0.575. The van der Waals surface area contributed by atoms with Crippen molar-refractivity contribution in [1.29, 1.82) is 0 Å². The zero-order chi connectivity index (χ0) is 12.1. The van der Waals surface area contributed by atoms with Crippen LogP contribution in [0.15, 0.2) is 18.3 Å². The molecule has 1 aromatic rings. The predicted molar refractivity (Wildman–Crippen MR) is 59.2 cm³/mol. The third-order valence-electron chi connectivity index (χ3n) is 2.15. The minimum absolute atomic E-state index is 0.0667. The first-order chi connectivity index (χ1) is 7.60. The van der Waals surface area contributed by atoms with Gasteiger partial charge in [0.1, 0.15) is 6.20 Å². The molecular weight excluding hydrogens is 210 g/mol. The van der Waals surface area contributed by atoms with Gasteiger partial charge in [0.2, 0.25) is 5.91 Å². The van der Waals surface area contributed by atoms with Crippen LogP contribution in [0.5, 0.6) is 0 Å². The molecule has 0 unspecified atom stereocenters. The van der Waals surface area contributed by atoms with E-state index >= 15 is 0 Å². The Bertz CT molecular complexity index is 406. The molecule has 1 aromatic heterocycles. The van der Waals surface area contributed by atoms with E-state index in [1.165, 1.54) is 17.2 Å². The molecule has 6 nitrogen and oxygen atoms in total. The van der Waals surface area contributed by atoms with Crippen molar-refractivity contribution in [3.63, 3.8) is 0 Å². The van der Waals surface area contributed by atoms with Crippen LogP contribution in [0.1, 0.15) is 20.3 Å². The highest BCUT2D eigenvalue weighted by Crippen LogP contribution is 2.19. The number of nitrogens with zero attached hydrogens (tertiary/aromatic N) is 3. The summed E-state index contributed by atoms with van der Waals surface area (Å²) in [7, 11) is 0. The number of anilines is 1. The van der Waals surface area contributed by atoms with Crippen molar-refractivity contribution in [2.75, 3.05) is 11.4 Å². The topological polar surface area (TPSA) is 76.3 Å². The van der Waals surface area contributed by atoms with E-state index in [0.717, 1.165) is 0 Å². The summed E-state index contributed by atoms with van der Waals surface area (Å²) >= 11 is 0. The molecule has 1 rings (SSSR count). The maximum Gasteiger partial charge on any atom is 0.365 e. The molecule has 0 radical (unpaired) electrons. The Balaban J connectivity index is 3.06. The van der Waals surface area contributed by atoms with Gasteiger partial charge in [-0.2, -0.15) is 0 Å². The Labute approximate surface area is 93.1 Å². The molecule has 1 heterocycles. The van der Waals surface area contributed by atoms with Crippen LogP contribution in [0.3, 0.4) is 0 Å². The van der Waals surface area contributed by atoms with Crippen LogP contribution in [-0.4, -0.2) is 22.4 Å². The molecule has 0 aliphatic carbocycles. The van der Waals surface area contributed by atoms with Gasteiger partial charge in [0.15, 0.2) is 0 Å². The van der Waals surface area contributed by atoms with Gasteiger partial charge >= 0.3 is 5.82 Å². The van der Waals surface area contributed by atoms with Crippen LogP contribution in [0.2, 0.25) is 0 Å². The largest absolute Gasteiger partial charge is 0.365 e. The zero-order valence-corrected chi connectivity index (χ0v) is 9.21. The van der Waals surface area contributed by atoms with Gasteiger partial charge in [0.05, 0.1) is 11.8 Å². The Kier molecular flexibility index (Phi) is 3.93. The molecule has 1 amide bonds. The summed E-state index contributed by atoms with van der Waals surface area (Å²) in [4.78, 5) is 26.6. The molecule has 0 saturated carbocycles. The molecule has 16 heavy (non-hydrogen) atoms. The number of aromatic nitrogens is 1. The summed E-state index contributed by atoms with van der Waals surface area (Å²) < 4.78 is 0. The molecular formula is C10H13N3O3. The monoisotopic (exact) mass is 223 g/mol. The first-order valence-corrected chi connectivity index (χ1v) is 5.01. The number of nitro groups is 1. The van der Waals surface area contributed by atoms with E-state index in [-0.39, 0.29) is 11.7 Å². The maximum absolute atomic E-state index is 11.6. The predicted octanol–water partition coefficient (Wildman–Crippen LogP) is 1.75. The van der Waals surface area contributed by atoms with Crippen molar-refractivity contribution >= 4 is 17.4 Å². The van der Waals surface area contributed by atoms with Crippen molar-refractivity contribution in [3.8, 4) is 0 Å². The van der Waals surface area contributed by atoms with E-state index < -0.39 is 4.92 Å². The first kappa shape index (κ1) is 12.1. The van der Waals surface area contributed by atoms with Crippen molar-refractivity contribution in [2.45, 2.75) is 20.3 Å². The van der Waals surface area contributed by atoms with Gasteiger partial charge in [-0.3, -0.25) is 4.79 Å². The highest BCUT2D eigenvalue weighted by Gasteiger charge is 2.15. The van der Waals surface area contributed by atoms with Gasteiger partial charge in [-0.25, -0.2) is 0 Å². The van der Waals surface area contributed by atoms with Crippen molar-refractivity contribution in [1.82, 2.24) is 4.98 Å². The minimum Gasteiger partial charge on any atom is -0.358 e. The van der Waals surface area contributed by atoms with Crippen LogP contribution in [0.25, 0.3) is 0 Å². The van der Waals surface area contributed by atoms with Crippen LogP contribution < -0.4 is 4.90 Å². The average molecular weight is 223 g/mol. The second kappa shape index (κ2) is 5.20. The van der Waals surface area contributed by atoms with Gasteiger partial charge in [0, 0.05) is 19.0 Å². The summed E-state index contributed by atoms with van der Waals surface area (Å²) in [5, 5.41) is 10.5. The van der Waals surface area contributed by atoms with E-state index in [9.17, 15) is 14.9 Å². The highest BCUT2D eigenvalue weighted by molar-refractivity contribution is 5.93. The Morgan fingerprint density at radius 2 is 2.25 bits per heavy atom. The summed E-state index contributed by atoms with van der Waals surface area (Å²) in [6.45, 7) is 4.05. The molecule has 0 aliphatic rings. The summed E-state index contributed by atoms with van der Waals surface area (Å²) in [6, 6.07) is 2.89. The second-order valence-electron chi connectivity index (χ2n) is 3.12. The number of hydrogen-bond donors (Lipinski definition) is 0. The van der Waals surface area contributed by atoms with Gasteiger partial charge < -0.3 is 15.0 Å². The van der Waals surface area contributed by atoms with E-state index in [2.05, 4.69) is 4.98 Å². The lowest BCUT2D eigenvalue weighted by molar-refractivity contribution is -0.389. The molecule has 86 valence electrons. The van der Waals surface area contributed by atoms with Gasteiger partial charge in [-0.15, -0.1) is 0 Å². The molecule has 0 spiro atoms. The molecule has 0 N–H and O–H groups in total. The molecule has 6 heteroatoms. The maximum atomic E-state index is 11.6. The number of hydrogen-bond acceptors (Lipinski definition) is 4. The number of rotatable bonds is 4. The van der Waals surface area contributed by atoms with Crippen LogP contribution in [0, 0.1) is 10.1 Å². The number of pyridine rings is 1. The standard InChI is InChI=1S/C10H13N3O3/c1-3-10(14)12(4-2)8-5-6-11-9(7-8)13(15)16/h5-7H,3-4H2,1-2H3.